The second kappa shape index (κ2) is 12.9. The van der Waals surface area contributed by atoms with E-state index in [1.165, 1.54) is 21.0 Å². The zero-order valence-electron chi connectivity index (χ0n) is 29.8. The van der Waals surface area contributed by atoms with Crippen LogP contribution in [-0.4, -0.2) is 131 Å². The molecule has 5 aliphatic carbocycles. The van der Waals surface area contributed by atoms with Crippen LogP contribution >= 0.6 is 0 Å². The number of carbonyl (C=O) groups is 3. The fourth-order valence-corrected chi connectivity index (χ4v) is 12.3. The quantitative estimate of drug-likeness (QED) is 0.129. The van der Waals surface area contributed by atoms with E-state index in [2.05, 4.69) is 10.8 Å². The number of benzene rings is 1. The van der Waals surface area contributed by atoms with Gasteiger partial charge in [0.05, 0.1) is 48.9 Å². The first-order valence-corrected chi connectivity index (χ1v) is 16.9. The summed E-state index contributed by atoms with van der Waals surface area (Å²) in [6.45, 7) is 2.99. The Bertz CT molecular complexity index is 1560. The van der Waals surface area contributed by atoms with Crippen molar-refractivity contribution in [2.24, 2.45) is 34.5 Å². The molecule has 1 spiro atoms. The molecule has 1 aliphatic heterocycles. The Morgan fingerprint density at radius 1 is 0.880 bits per heavy atom. The van der Waals surface area contributed by atoms with Gasteiger partial charge in [-0.15, -0.1) is 0 Å². The van der Waals surface area contributed by atoms with Gasteiger partial charge in [0, 0.05) is 67.0 Å². The molecule has 0 saturated heterocycles. The first-order valence-electron chi connectivity index (χ1n) is 16.9. The smallest absolute Gasteiger partial charge is 0.338 e. The van der Waals surface area contributed by atoms with Crippen LogP contribution < -0.4 is 28.7 Å². The SMILES string of the molecule is COC[C@]12C=[N+](C)[C@@H]3[C@H]4[C@H](OC)[C@H]1[C@@]3([C@@H](OC)C[C@H]2OC(C)=O)[C@@H]1C[C@]2(O)[C@@H](OC)C[C@@]4(OC(C)=O)[C@H]1[C@H]2OC(=O)c1ccc(OC)cc1.[I-]. The number of halogens is 1. The lowest BCUT2D eigenvalue weighted by Gasteiger charge is -2.63. The van der Waals surface area contributed by atoms with E-state index >= 15 is 0 Å². The summed E-state index contributed by atoms with van der Waals surface area (Å²) in [5.74, 6) is -2.86. The summed E-state index contributed by atoms with van der Waals surface area (Å²) in [5.41, 5.74) is -4.22. The first-order chi connectivity index (χ1) is 23.3. The number of esters is 3. The molecular formula is C36H48INO12. The molecule has 0 radical (unpaired) electrons. The van der Waals surface area contributed by atoms with Crippen molar-refractivity contribution in [3.63, 3.8) is 0 Å². The summed E-state index contributed by atoms with van der Waals surface area (Å²) in [5, 5.41) is 12.8. The van der Waals surface area contributed by atoms with Gasteiger partial charge in [0.25, 0.3) is 0 Å². The van der Waals surface area contributed by atoms with Crippen LogP contribution in [0.15, 0.2) is 24.3 Å². The van der Waals surface area contributed by atoms with Gasteiger partial charge in [0.2, 0.25) is 0 Å². The zero-order valence-corrected chi connectivity index (χ0v) is 31.9. The van der Waals surface area contributed by atoms with Gasteiger partial charge in [-0.3, -0.25) is 9.59 Å². The Hall–Kier alpha value is -2.37. The molecule has 0 aromatic heterocycles. The van der Waals surface area contributed by atoms with Gasteiger partial charge >= 0.3 is 17.9 Å². The molecule has 5 saturated carbocycles. The zero-order chi connectivity index (χ0) is 35.3. The third-order valence-electron chi connectivity index (χ3n) is 13.2. The molecule has 0 amide bonds. The highest BCUT2D eigenvalue weighted by Crippen LogP contribution is 2.79. The van der Waals surface area contributed by atoms with Crippen LogP contribution in [0, 0.1) is 34.5 Å². The maximum atomic E-state index is 13.9. The van der Waals surface area contributed by atoms with Crippen LogP contribution in [0.5, 0.6) is 5.75 Å². The van der Waals surface area contributed by atoms with Crippen molar-refractivity contribution < 1.29 is 85.9 Å². The fraction of sp³-hybridized carbons (Fsp3) is 0.722. The third-order valence-corrected chi connectivity index (χ3v) is 13.2. The minimum Gasteiger partial charge on any atom is -1.00 e. The minimum atomic E-state index is -1.62. The number of hydrogen-bond acceptors (Lipinski definition) is 12. The number of ether oxygens (including phenoxy) is 8. The van der Waals surface area contributed by atoms with Gasteiger partial charge in [-0.2, -0.15) is 0 Å². The molecule has 5 fully saturated rings. The van der Waals surface area contributed by atoms with Crippen LogP contribution in [0.2, 0.25) is 0 Å². The van der Waals surface area contributed by atoms with E-state index in [4.69, 9.17) is 37.9 Å². The van der Waals surface area contributed by atoms with E-state index in [0.717, 1.165) is 0 Å². The molecular weight excluding hydrogens is 765 g/mol. The molecule has 0 unspecified atom stereocenters. The topological polar surface area (TPSA) is 148 Å². The van der Waals surface area contributed by atoms with Crippen molar-refractivity contribution >= 4 is 24.1 Å². The van der Waals surface area contributed by atoms with Crippen molar-refractivity contribution in [2.75, 3.05) is 49.2 Å². The number of nitrogens with zero attached hydrogens (tertiary/aromatic N) is 1. The predicted octanol–water partition coefficient (Wildman–Crippen LogP) is -1.35. The van der Waals surface area contributed by atoms with E-state index in [1.807, 2.05) is 7.05 Å². The molecule has 7 bridgehead atoms. The highest BCUT2D eigenvalue weighted by molar-refractivity contribution is 5.89. The van der Waals surface area contributed by atoms with Crippen molar-refractivity contribution in [3.05, 3.63) is 29.8 Å². The number of aliphatic hydroxyl groups is 1. The van der Waals surface area contributed by atoms with Gasteiger partial charge in [-0.25, -0.2) is 9.37 Å². The highest BCUT2D eigenvalue weighted by atomic mass is 127. The monoisotopic (exact) mass is 813 g/mol. The molecule has 6 aliphatic rings. The van der Waals surface area contributed by atoms with Crippen LogP contribution in [0.3, 0.4) is 0 Å². The van der Waals surface area contributed by atoms with Gasteiger partial charge in [-0.1, -0.05) is 0 Å². The highest BCUT2D eigenvalue weighted by Gasteiger charge is 2.92. The Morgan fingerprint density at radius 3 is 2.12 bits per heavy atom. The van der Waals surface area contributed by atoms with E-state index < -0.39 is 88.2 Å². The second-order valence-electron chi connectivity index (χ2n) is 14.9. The molecule has 1 heterocycles. The summed E-state index contributed by atoms with van der Waals surface area (Å²) in [6.07, 6.45) is -0.744. The molecule has 7 rings (SSSR count). The molecule has 13 nitrogen and oxygen atoms in total. The summed E-state index contributed by atoms with van der Waals surface area (Å²) in [4.78, 5) is 39.8. The summed E-state index contributed by atoms with van der Waals surface area (Å²) < 4.78 is 51.6. The van der Waals surface area contributed by atoms with Crippen molar-refractivity contribution in [2.45, 2.75) is 80.9 Å². The lowest BCUT2D eigenvalue weighted by atomic mass is 9.43. The lowest BCUT2D eigenvalue weighted by molar-refractivity contribution is -0.591. The van der Waals surface area contributed by atoms with Crippen molar-refractivity contribution in [3.8, 4) is 5.75 Å². The number of rotatable bonds is 10. The molecule has 14 heteroatoms. The second-order valence-corrected chi connectivity index (χ2v) is 14.9. The van der Waals surface area contributed by atoms with Crippen LogP contribution in [0.4, 0.5) is 0 Å². The predicted molar refractivity (Wildman–Crippen MR) is 170 cm³/mol. The van der Waals surface area contributed by atoms with Gasteiger partial charge in [0.1, 0.15) is 41.6 Å². The maximum Gasteiger partial charge on any atom is 0.338 e. The molecule has 276 valence electrons. The number of hydrogen-bond donors (Lipinski definition) is 1. The average Bonchev–Trinajstić information content (AvgIpc) is 3.45. The molecule has 1 N–H and O–H groups in total. The Kier molecular flexibility index (Phi) is 9.67. The largest absolute Gasteiger partial charge is 1.00 e. The normalized spacial score (nSPS) is 44.4. The van der Waals surface area contributed by atoms with Gasteiger partial charge < -0.3 is 67.0 Å². The van der Waals surface area contributed by atoms with E-state index in [-0.39, 0.29) is 60.9 Å². The molecule has 14 atom stereocenters. The van der Waals surface area contributed by atoms with E-state index in [1.54, 1.807) is 52.7 Å². The van der Waals surface area contributed by atoms with E-state index in [0.29, 0.717) is 12.2 Å². The molecule has 50 heavy (non-hydrogen) atoms. The van der Waals surface area contributed by atoms with Crippen LogP contribution in [0.1, 0.15) is 43.5 Å². The van der Waals surface area contributed by atoms with Crippen LogP contribution in [-0.2, 0) is 42.7 Å². The average molecular weight is 814 g/mol. The lowest BCUT2D eigenvalue weighted by Crippen LogP contribution is -3.00. The standard InChI is InChI=1S/C36H48NO12.HI/c1-18(38)47-23-13-24(44-6)36-22-14-34(41)25(45-7)15-35(49-19(2)39,26(22)31(34)48-32(40)20-9-11-21(43-5)12-10-20)27-28(46-8)29(36)33(23,17-42-4)16-37(3)30(27)36;/h9-12,16,22-31,41H,13-15,17H2,1-8H3;1H/q+1;/p-1/t22-,23-,24+,25+,26-,27-,28+,29-,30-,31-,33+,34+,35-,36+;/m1./s1. The Labute approximate surface area is 309 Å². The van der Waals surface area contributed by atoms with Gasteiger partial charge in [-0.05, 0) is 36.6 Å². The molecule has 1 aromatic carbocycles. The number of methoxy groups -OCH3 is 5. The van der Waals surface area contributed by atoms with E-state index in [9.17, 15) is 19.5 Å². The summed E-state index contributed by atoms with van der Waals surface area (Å²) >= 11 is 0. The summed E-state index contributed by atoms with van der Waals surface area (Å²) in [7, 11) is 9.98. The first kappa shape index (κ1) is 37.4. The Morgan fingerprint density at radius 2 is 1.56 bits per heavy atom. The van der Waals surface area contributed by atoms with Crippen molar-refractivity contribution in [1.29, 1.82) is 0 Å². The number of carbonyl (C=O) groups excluding carboxylic acids is 3. The van der Waals surface area contributed by atoms with Crippen LogP contribution in [0.25, 0.3) is 0 Å². The Balaban J connectivity index is 0.00000432. The van der Waals surface area contributed by atoms with Crippen molar-refractivity contribution in [1.82, 2.24) is 0 Å². The van der Waals surface area contributed by atoms with Gasteiger partial charge in [0.15, 0.2) is 12.3 Å². The number of fused-ring (bicyclic) bond motifs is 2. The summed E-state index contributed by atoms with van der Waals surface area (Å²) in [6, 6.07) is 6.28. The third kappa shape index (κ3) is 4.66. The minimum absolute atomic E-state index is 0. The maximum absolute atomic E-state index is 13.9. The molecule has 1 aromatic rings. The fourth-order valence-electron chi connectivity index (χ4n) is 12.3.